The van der Waals surface area contributed by atoms with Crippen LogP contribution in [0.2, 0.25) is 0 Å². The van der Waals surface area contributed by atoms with Gasteiger partial charge in [0.1, 0.15) is 18.7 Å². The van der Waals surface area contributed by atoms with Gasteiger partial charge in [0.05, 0.1) is 6.04 Å². The molecule has 1 aliphatic heterocycles. The van der Waals surface area contributed by atoms with Gasteiger partial charge >= 0.3 is 12.1 Å². The number of hydrogen-bond acceptors (Lipinski definition) is 4. The van der Waals surface area contributed by atoms with E-state index in [2.05, 4.69) is 0 Å². The first kappa shape index (κ1) is 17.8. The van der Waals surface area contributed by atoms with E-state index in [0.717, 1.165) is 5.56 Å². The van der Waals surface area contributed by atoms with E-state index in [1.807, 2.05) is 30.3 Å². The molecule has 0 bridgehead atoms. The summed E-state index contributed by atoms with van der Waals surface area (Å²) in [7, 11) is 0. The predicted molar refractivity (Wildman–Crippen MR) is 86.3 cm³/mol. The van der Waals surface area contributed by atoms with E-state index in [1.54, 1.807) is 20.8 Å². The highest BCUT2D eigenvalue weighted by Gasteiger charge is 2.38. The number of ether oxygens (including phenoxy) is 1. The lowest BCUT2D eigenvalue weighted by atomic mass is 10.0. The Hall–Kier alpha value is -2.57. The lowest BCUT2D eigenvalue weighted by molar-refractivity contribution is -0.148. The minimum absolute atomic E-state index is 0.119. The first-order chi connectivity index (χ1) is 11.2. The van der Waals surface area contributed by atoms with Gasteiger partial charge in [-0.15, -0.1) is 0 Å². The Morgan fingerprint density at radius 3 is 2.42 bits per heavy atom. The average molecular weight is 334 g/mol. The van der Waals surface area contributed by atoms with Gasteiger partial charge in [-0.2, -0.15) is 0 Å². The van der Waals surface area contributed by atoms with Gasteiger partial charge < -0.3 is 14.7 Å². The van der Waals surface area contributed by atoms with Gasteiger partial charge in [0.15, 0.2) is 0 Å². The number of carboxylic acid groups (broad SMARTS) is 1. The van der Waals surface area contributed by atoms with Gasteiger partial charge in [-0.05, 0) is 26.3 Å². The van der Waals surface area contributed by atoms with Gasteiger partial charge in [0, 0.05) is 6.54 Å². The summed E-state index contributed by atoms with van der Waals surface area (Å²) < 4.78 is 5.39. The normalized spacial score (nSPS) is 18.5. The Morgan fingerprint density at radius 2 is 1.88 bits per heavy atom. The SMILES string of the molecule is CC(C)(C)OC(=O)N1CC(=O)N(CC(=O)O)CC1c1ccccc1. The molecule has 1 aromatic rings. The van der Waals surface area contributed by atoms with Crippen molar-refractivity contribution in [3.8, 4) is 0 Å². The van der Waals surface area contributed by atoms with Crippen molar-refractivity contribution in [2.24, 2.45) is 0 Å². The summed E-state index contributed by atoms with van der Waals surface area (Å²) in [6, 6.07) is 8.76. The molecule has 2 amide bonds. The van der Waals surface area contributed by atoms with Crippen molar-refractivity contribution in [3.05, 3.63) is 35.9 Å². The highest BCUT2D eigenvalue weighted by atomic mass is 16.6. The highest BCUT2D eigenvalue weighted by Crippen LogP contribution is 2.27. The van der Waals surface area contributed by atoms with Gasteiger partial charge in [-0.1, -0.05) is 30.3 Å². The molecule has 1 heterocycles. The molecule has 1 N–H and O–H groups in total. The number of carboxylic acids is 1. The number of piperazine rings is 1. The van der Waals surface area contributed by atoms with E-state index in [1.165, 1.54) is 9.80 Å². The van der Waals surface area contributed by atoms with Crippen LogP contribution in [0.4, 0.5) is 4.79 Å². The summed E-state index contributed by atoms with van der Waals surface area (Å²) in [5.74, 6) is -1.49. The van der Waals surface area contributed by atoms with E-state index in [0.29, 0.717) is 0 Å². The van der Waals surface area contributed by atoms with Gasteiger partial charge in [-0.25, -0.2) is 4.79 Å². The minimum atomic E-state index is -1.08. The third kappa shape index (κ3) is 4.47. The van der Waals surface area contributed by atoms with Crippen molar-refractivity contribution in [1.82, 2.24) is 9.80 Å². The Kier molecular flexibility index (Phi) is 5.11. The van der Waals surface area contributed by atoms with Crippen molar-refractivity contribution in [1.29, 1.82) is 0 Å². The molecule has 1 aliphatic rings. The van der Waals surface area contributed by atoms with Crippen LogP contribution in [0.1, 0.15) is 32.4 Å². The molecule has 1 aromatic carbocycles. The van der Waals surface area contributed by atoms with Gasteiger partial charge in [0.2, 0.25) is 5.91 Å². The van der Waals surface area contributed by atoms with Crippen LogP contribution in [-0.2, 0) is 14.3 Å². The third-order valence-corrected chi connectivity index (χ3v) is 3.57. The van der Waals surface area contributed by atoms with Crippen molar-refractivity contribution in [3.63, 3.8) is 0 Å². The van der Waals surface area contributed by atoms with Crippen LogP contribution in [0.3, 0.4) is 0 Å². The first-order valence-corrected chi connectivity index (χ1v) is 7.71. The minimum Gasteiger partial charge on any atom is -0.480 e. The van der Waals surface area contributed by atoms with E-state index < -0.39 is 29.6 Å². The Morgan fingerprint density at radius 1 is 1.25 bits per heavy atom. The summed E-state index contributed by atoms with van der Waals surface area (Å²) in [5.41, 5.74) is 0.144. The summed E-state index contributed by atoms with van der Waals surface area (Å²) in [6.07, 6.45) is -0.584. The monoisotopic (exact) mass is 334 g/mol. The topological polar surface area (TPSA) is 87.2 Å². The number of aliphatic carboxylic acids is 1. The molecular formula is C17H22N2O5. The fraction of sp³-hybridized carbons (Fsp3) is 0.471. The van der Waals surface area contributed by atoms with Crippen molar-refractivity contribution in [2.75, 3.05) is 19.6 Å². The van der Waals surface area contributed by atoms with Crippen LogP contribution in [0.15, 0.2) is 30.3 Å². The van der Waals surface area contributed by atoms with Crippen LogP contribution in [-0.4, -0.2) is 58.1 Å². The first-order valence-electron chi connectivity index (χ1n) is 7.71. The number of rotatable bonds is 3. The molecule has 0 saturated carbocycles. The molecule has 7 heteroatoms. The van der Waals surface area contributed by atoms with Crippen molar-refractivity contribution in [2.45, 2.75) is 32.4 Å². The van der Waals surface area contributed by atoms with Gasteiger partial charge in [-0.3, -0.25) is 14.5 Å². The van der Waals surface area contributed by atoms with E-state index in [9.17, 15) is 14.4 Å². The molecule has 24 heavy (non-hydrogen) atoms. The second-order valence-corrected chi connectivity index (χ2v) is 6.70. The smallest absolute Gasteiger partial charge is 0.411 e. The molecule has 1 unspecified atom stereocenters. The Labute approximate surface area is 140 Å². The summed E-state index contributed by atoms with van der Waals surface area (Å²) >= 11 is 0. The second-order valence-electron chi connectivity index (χ2n) is 6.70. The van der Waals surface area contributed by atoms with Crippen LogP contribution < -0.4 is 0 Å². The fourth-order valence-electron chi connectivity index (χ4n) is 2.55. The summed E-state index contributed by atoms with van der Waals surface area (Å²) in [5, 5.41) is 8.97. The number of nitrogens with zero attached hydrogens (tertiary/aromatic N) is 2. The van der Waals surface area contributed by atoms with E-state index in [-0.39, 0.29) is 19.6 Å². The van der Waals surface area contributed by atoms with Crippen LogP contribution in [0, 0.1) is 0 Å². The lowest BCUT2D eigenvalue weighted by Crippen LogP contribution is -2.55. The zero-order valence-electron chi connectivity index (χ0n) is 14.1. The molecule has 2 rings (SSSR count). The van der Waals surface area contributed by atoms with Crippen LogP contribution in [0.5, 0.6) is 0 Å². The highest BCUT2D eigenvalue weighted by molar-refractivity contribution is 5.86. The molecular weight excluding hydrogens is 312 g/mol. The molecule has 0 radical (unpaired) electrons. The largest absolute Gasteiger partial charge is 0.480 e. The third-order valence-electron chi connectivity index (χ3n) is 3.57. The van der Waals surface area contributed by atoms with E-state index >= 15 is 0 Å². The molecule has 0 aliphatic carbocycles. The molecule has 0 aromatic heterocycles. The fourth-order valence-corrected chi connectivity index (χ4v) is 2.55. The number of carbonyl (C=O) groups is 3. The zero-order valence-corrected chi connectivity index (χ0v) is 14.1. The van der Waals surface area contributed by atoms with Gasteiger partial charge in [0.25, 0.3) is 0 Å². The molecule has 7 nitrogen and oxygen atoms in total. The number of hydrogen-bond donors (Lipinski definition) is 1. The van der Waals surface area contributed by atoms with Crippen LogP contribution in [0.25, 0.3) is 0 Å². The second kappa shape index (κ2) is 6.90. The Bertz CT molecular complexity index is 624. The standard InChI is InChI=1S/C17H22N2O5/c1-17(2,3)24-16(23)19-10-14(20)18(11-15(21)22)9-13(19)12-7-5-4-6-8-12/h4-8,13H,9-11H2,1-3H3,(H,21,22). The molecule has 0 spiro atoms. The predicted octanol–water partition coefficient (Wildman–Crippen LogP) is 1.89. The molecule has 1 atom stereocenters. The zero-order chi connectivity index (χ0) is 17.9. The molecule has 130 valence electrons. The maximum atomic E-state index is 12.5. The van der Waals surface area contributed by atoms with Crippen molar-refractivity contribution >= 4 is 18.0 Å². The molecule has 1 saturated heterocycles. The average Bonchev–Trinajstić information content (AvgIpc) is 2.47. The van der Waals surface area contributed by atoms with Crippen LogP contribution >= 0.6 is 0 Å². The number of amides is 2. The summed E-state index contributed by atoms with van der Waals surface area (Å²) in [6.45, 7) is 4.79. The quantitative estimate of drug-likeness (QED) is 0.912. The Balaban J connectivity index is 2.28. The van der Waals surface area contributed by atoms with Crippen molar-refractivity contribution < 1.29 is 24.2 Å². The number of carbonyl (C=O) groups excluding carboxylic acids is 2. The molecule has 1 fully saturated rings. The number of benzene rings is 1. The maximum Gasteiger partial charge on any atom is 0.411 e. The summed E-state index contributed by atoms with van der Waals surface area (Å²) in [4.78, 5) is 38.3. The maximum absolute atomic E-state index is 12.5. The van der Waals surface area contributed by atoms with E-state index in [4.69, 9.17) is 9.84 Å². The lowest BCUT2D eigenvalue weighted by Gasteiger charge is -2.40.